The van der Waals surface area contributed by atoms with Crippen molar-refractivity contribution in [3.05, 3.63) is 43.6 Å². The number of aromatic nitrogens is 2. The Balaban J connectivity index is 1.85. The zero-order valence-corrected chi connectivity index (χ0v) is 13.4. The number of hydrogen-bond donors (Lipinski definition) is 2. The minimum Gasteiger partial charge on any atom is -0.321 e. The third-order valence-corrected chi connectivity index (χ3v) is 5.82. The topological polar surface area (TPSA) is 57.8 Å². The maximum atomic E-state index is 12.1. The fraction of sp³-hybridized carbons (Fsp3) is 0. The second-order valence-corrected chi connectivity index (χ2v) is 7.08. The number of carbonyl (C=O) groups is 1. The lowest BCUT2D eigenvalue weighted by Crippen LogP contribution is -2.09. The van der Waals surface area contributed by atoms with Crippen LogP contribution in [0.5, 0.6) is 0 Å². The molecule has 0 spiro atoms. The molecule has 2 heterocycles. The molecule has 0 saturated heterocycles. The van der Waals surface area contributed by atoms with Crippen molar-refractivity contribution in [2.24, 2.45) is 0 Å². The normalized spacial score (nSPS) is 10.8. The summed E-state index contributed by atoms with van der Waals surface area (Å²) < 4.78 is 1.79. The van der Waals surface area contributed by atoms with Gasteiger partial charge in [-0.2, -0.15) is 5.10 Å². The molecule has 2 N–H and O–H groups in total. The lowest BCUT2D eigenvalue weighted by Gasteiger charge is -2.03. The van der Waals surface area contributed by atoms with Gasteiger partial charge in [-0.1, -0.05) is 0 Å². The van der Waals surface area contributed by atoms with E-state index in [0.29, 0.717) is 4.88 Å². The Morgan fingerprint density at radius 1 is 1.32 bits per heavy atom. The highest BCUT2D eigenvalue weighted by Gasteiger charge is 2.12. The molecule has 0 aliphatic heterocycles. The molecule has 0 aliphatic rings. The van der Waals surface area contributed by atoms with Crippen LogP contribution in [0.25, 0.3) is 10.9 Å². The van der Waals surface area contributed by atoms with Gasteiger partial charge in [0.25, 0.3) is 5.91 Å². The summed E-state index contributed by atoms with van der Waals surface area (Å²) in [6.07, 6.45) is 1.74. The van der Waals surface area contributed by atoms with E-state index in [2.05, 4.69) is 47.4 Å². The fourth-order valence-corrected chi connectivity index (χ4v) is 3.60. The molecule has 0 atom stereocenters. The van der Waals surface area contributed by atoms with E-state index in [-0.39, 0.29) is 5.91 Å². The molecular formula is C12H7Br2N3OS. The number of halogens is 2. The second kappa shape index (κ2) is 5.07. The van der Waals surface area contributed by atoms with Crippen molar-refractivity contribution >= 4 is 65.7 Å². The zero-order valence-electron chi connectivity index (χ0n) is 9.41. The first kappa shape index (κ1) is 12.8. The molecule has 3 aromatic rings. The Bertz CT molecular complexity index is 746. The van der Waals surface area contributed by atoms with E-state index in [1.807, 2.05) is 18.2 Å². The zero-order chi connectivity index (χ0) is 13.4. The molecule has 3 rings (SSSR count). The largest absolute Gasteiger partial charge is 0.321 e. The summed E-state index contributed by atoms with van der Waals surface area (Å²) in [5.74, 6) is -0.129. The highest BCUT2D eigenvalue weighted by Crippen LogP contribution is 2.32. The lowest BCUT2D eigenvalue weighted by atomic mass is 10.2. The summed E-state index contributed by atoms with van der Waals surface area (Å²) in [5.41, 5.74) is 1.63. The van der Waals surface area contributed by atoms with Gasteiger partial charge in [-0.3, -0.25) is 9.89 Å². The number of aromatic amines is 1. The summed E-state index contributed by atoms with van der Waals surface area (Å²) in [4.78, 5) is 12.7. The first-order valence-electron chi connectivity index (χ1n) is 5.33. The van der Waals surface area contributed by atoms with Gasteiger partial charge in [-0.15, -0.1) is 11.3 Å². The number of anilines is 1. The van der Waals surface area contributed by atoms with Gasteiger partial charge >= 0.3 is 0 Å². The van der Waals surface area contributed by atoms with Crippen LogP contribution in [0.1, 0.15) is 9.67 Å². The van der Waals surface area contributed by atoms with Crippen molar-refractivity contribution in [1.29, 1.82) is 0 Å². The number of carbonyl (C=O) groups excluding carboxylic acids is 1. The van der Waals surface area contributed by atoms with Crippen LogP contribution in [0.4, 0.5) is 5.69 Å². The summed E-state index contributed by atoms with van der Waals surface area (Å²) in [7, 11) is 0. The first-order chi connectivity index (χ1) is 9.13. The van der Waals surface area contributed by atoms with Gasteiger partial charge in [0.1, 0.15) is 0 Å². The minimum absolute atomic E-state index is 0.129. The molecule has 1 aromatic carbocycles. The van der Waals surface area contributed by atoms with Gasteiger partial charge in [0.05, 0.1) is 20.4 Å². The highest BCUT2D eigenvalue weighted by molar-refractivity contribution is 9.13. The third kappa shape index (κ3) is 2.58. The number of nitrogens with zero attached hydrogens (tertiary/aromatic N) is 1. The maximum Gasteiger partial charge on any atom is 0.265 e. The molecule has 1 amide bonds. The van der Waals surface area contributed by atoms with E-state index in [1.54, 1.807) is 12.3 Å². The average Bonchev–Trinajstić information content (AvgIpc) is 2.96. The molecule has 0 bridgehead atoms. The van der Waals surface area contributed by atoms with Gasteiger partial charge in [-0.25, -0.2) is 0 Å². The number of H-pyrrole nitrogens is 1. The Hall–Kier alpha value is -1.18. The van der Waals surface area contributed by atoms with E-state index in [4.69, 9.17) is 0 Å². The maximum absolute atomic E-state index is 12.1. The van der Waals surface area contributed by atoms with Crippen molar-refractivity contribution in [2.45, 2.75) is 0 Å². The molecule has 0 aliphatic carbocycles. The fourth-order valence-electron chi connectivity index (χ4n) is 1.67. The Kier molecular flexibility index (Phi) is 3.42. The van der Waals surface area contributed by atoms with Crippen molar-refractivity contribution in [3.8, 4) is 0 Å². The molecule has 7 heteroatoms. The SMILES string of the molecule is O=C(Nc1ccc2cn[nH]c2c1)c1cc(Br)c(Br)s1. The lowest BCUT2D eigenvalue weighted by molar-refractivity contribution is 0.103. The van der Waals surface area contributed by atoms with Crippen LogP contribution in [0.15, 0.2) is 38.7 Å². The van der Waals surface area contributed by atoms with Gasteiger partial charge < -0.3 is 5.32 Å². The van der Waals surface area contributed by atoms with Gasteiger partial charge in [0.2, 0.25) is 0 Å². The van der Waals surface area contributed by atoms with Gasteiger partial charge in [0, 0.05) is 15.5 Å². The van der Waals surface area contributed by atoms with Crippen molar-refractivity contribution < 1.29 is 4.79 Å². The van der Waals surface area contributed by atoms with Crippen LogP contribution in [0, 0.1) is 0 Å². The molecule has 4 nitrogen and oxygen atoms in total. The first-order valence-corrected chi connectivity index (χ1v) is 7.73. The molecule has 19 heavy (non-hydrogen) atoms. The number of rotatable bonds is 2. The van der Waals surface area contributed by atoms with Crippen LogP contribution in [-0.4, -0.2) is 16.1 Å². The van der Waals surface area contributed by atoms with E-state index >= 15 is 0 Å². The predicted octanol–water partition coefficient (Wildman–Crippen LogP) is 4.40. The summed E-state index contributed by atoms with van der Waals surface area (Å²) >= 11 is 8.13. The highest BCUT2D eigenvalue weighted by atomic mass is 79.9. The van der Waals surface area contributed by atoms with Crippen LogP contribution < -0.4 is 5.32 Å². The molecular weight excluding hydrogens is 394 g/mol. The molecule has 2 aromatic heterocycles. The monoisotopic (exact) mass is 399 g/mol. The standard InChI is InChI=1S/C12H7Br2N3OS/c13-8-4-10(19-11(8)14)12(18)16-7-2-1-6-5-15-17-9(6)3-7/h1-5H,(H,15,17)(H,16,18). The van der Waals surface area contributed by atoms with E-state index in [0.717, 1.165) is 24.8 Å². The van der Waals surface area contributed by atoms with Crippen LogP contribution in [0.3, 0.4) is 0 Å². The van der Waals surface area contributed by atoms with E-state index in [1.165, 1.54) is 11.3 Å². The molecule has 0 unspecified atom stereocenters. The van der Waals surface area contributed by atoms with Crippen molar-refractivity contribution in [2.75, 3.05) is 5.32 Å². The predicted molar refractivity (Wildman–Crippen MR) is 83.8 cm³/mol. The van der Waals surface area contributed by atoms with Crippen LogP contribution in [0.2, 0.25) is 0 Å². The Morgan fingerprint density at radius 2 is 2.16 bits per heavy atom. The van der Waals surface area contributed by atoms with Crippen molar-refractivity contribution in [1.82, 2.24) is 10.2 Å². The summed E-state index contributed by atoms with van der Waals surface area (Å²) in [6.45, 7) is 0. The molecule has 0 fully saturated rings. The van der Waals surface area contributed by atoms with Crippen LogP contribution >= 0.6 is 43.2 Å². The number of benzene rings is 1. The minimum atomic E-state index is -0.129. The average molecular weight is 401 g/mol. The molecule has 0 radical (unpaired) electrons. The number of thiophene rings is 1. The summed E-state index contributed by atoms with van der Waals surface area (Å²) in [6, 6.07) is 7.42. The second-order valence-electron chi connectivity index (χ2n) is 3.86. The number of hydrogen-bond acceptors (Lipinski definition) is 3. The van der Waals surface area contributed by atoms with E-state index in [9.17, 15) is 4.79 Å². The molecule has 96 valence electrons. The third-order valence-electron chi connectivity index (χ3n) is 2.57. The van der Waals surface area contributed by atoms with Gasteiger partial charge in [-0.05, 0) is 56.1 Å². The van der Waals surface area contributed by atoms with Gasteiger partial charge in [0.15, 0.2) is 0 Å². The number of nitrogens with one attached hydrogen (secondary N) is 2. The van der Waals surface area contributed by atoms with E-state index < -0.39 is 0 Å². The molecule has 0 saturated carbocycles. The quantitative estimate of drug-likeness (QED) is 0.669. The summed E-state index contributed by atoms with van der Waals surface area (Å²) in [5, 5.41) is 10.7. The number of amides is 1. The van der Waals surface area contributed by atoms with Crippen molar-refractivity contribution in [3.63, 3.8) is 0 Å². The Morgan fingerprint density at radius 3 is 2.89 bits per heavy atom. The Labute approximate surface area is 129 Å². The smallest absolute Gasteiger partial charge is 0.265 e. The number of fused-ring (bicyclic) bond motifs is 1. The van der Waals surface area contributed by atoms with Crippen LogP contribution in [-0.2, 0) is 0 Å².